The third-order valence-electron chi connectivity index (χ3n) is 3.08. The van der Waals surface area contributed by atoms with Crippen LogP contribution in [0.5, 0.6) is 0 Å². The van der Waals surface area contributed by atoms with E-state index in [4.69, 9.17) is 0 Å². The smallest absolute Gasteiger partial charge is 0.257 e. The van der Waals surface area contributed by atoms with E-state index in [1.54, 1.807) is 6.92 Å². The number of benzene rings is 1. The van der Waals surface area contributed by atoms with E-state index in [9.17, 15) is 22.4 Å². The van der Waals surface area contributed by atoms with Gasteiger partial charge in [0.25, 0.3) is 5.91 Å². The minimum absolute atomic E-state index is 0.339. The Morgan fingerprint density at radius 2 is 1.60 bits per heavy atom. The summed E-state index contributed by atoms with van der Waals surface area (Å²) in [6.45, 7) is 4.52. The molecule has 0 heterocycles. The van der Waals surface area contributed by atoms with Crippen molar-refractivity contribution >= 4 is 5.91 Å². The first-order chi connectivity index (χ1) is 9.31. The predicted molar refractivity (Wildman–Crippen MR) is 67.5 cm³/mol. The maximum absolute atomic E-state index is 13.6. The largest absolute Gasteiger partial charge is 0.349 e. The zero-order valence-electron chi connectivity index (χ0n) is 11.6. The summed E-state index contributed by atoms with van der Waals surface area (Å²) in [6.07, 6.45) is 2.34. The number of hydrogen-bond acceptors (Lipinski definition) is 1. The number of carbonyl (C=O) groups excluding carboxylic acids is 1. The summed E-state index contributed by atoms with van der Waals surface area (Å²) in [5.41, 5.74) is -2.00. The van der Waals surface area contributed by atoms with Gasteiger partial charge < -0.3 is 5.32 Å². The molecule has 20 heavy (non-hydrogen) atoms. The van der Waals surface area contributed by atoms with Crippen LogP contribution >= 0.6 is 0 Å². The van der Waals surface area contributed by atoms with Gasteiger partial charge in [-0.1, -0.05) is 19.8 Å². The van der Waals surface area contributed by atoms with Crippen LogP contribution in [-0.4, -0.2) is 11.9 Å². The van der Waals surface area contributed by atoms with Gasteiger partial charge in [-0.2, -0.15) is 0 Å². The summed E-state index contributed by atoms with van der Waals surface area (Å²) >= 11 is 0. The zero-order valence-corrected chi connectivity index (χ0v) is 11.6. The number of carbonyl (C=O) groups is 1. The van der Waals surface area contributed by atoms with Gasteiger partial charge in [0.05, 0.1) is 0 Å². The van der Waals surface area contributed by atoms with Crippen LogP contribution in [0.15, 0.2) is 0 Å². The van der Waals surface area contributed by atoms with Crippen LogP contribution in [0.1, 0.15) is 49.0 Å². The van der Waals surface area contributed by atoms with E-state index in [0.29, 0.717) is 6.42 Å². The molecule has 1 aromatic carbocycles. The third kappa shape index (κ3) is 3.29. The van der Waals surface area contributed by atoms with Crippen molar-refractivity contribution in [1.82, 2.24) is 5.32 Å². The molecule has 1 rings (SSSR count). The first-order valence-electron chi connectivity index (χ1n) is 6.44. The summed E-state index contributed by atoms with van der Waals surface area (Å²) in [4.78, 5) is 11.8. The van der Waals surface area contributed by atoms with Gasteiger partial charge in [-0.3, -0.25) is 4.79 Å². The Bertz CT molecular complexity index is 487. The number of rotatable bonds is 5. The molecule has 2 nitrogen and oxygen atoms in total. The molecule has 0 aliphatic rings. The van der Waals surface area contributed by atoms with Gasteiger partial charge in [0.1, 0.15) is 5.56 Å². The van der Waals surface area contributed by atoms with Crippen molar-refractivity contribution in [1.29, 1.82) is 0 Å². The van der Waals surface area contributed by atoms with Crippen molar-refractivity contribution in [2.45, 2.75) is 46.1 Å². The Balaban J connectivity index is 3.05. The van der Waals surface area contributed by atoms with Crippen molar-refractivity contribution in [3.63, 3.8) is 0 Å². The molecule has 0 fully saturated rings. The van der Waals surface area contributed by atoms with Gasteiger partial charge in [0, 0.05) is 11.6 Å². The quantitative estimate of drug-likeness (QED) is 0.648. The maximum atomic E-state index is 13.6. The number of hydrogen-bond donors (Lipinski definition) is 1. The topological polar surface area (TPSA) is 29.1 Å². The second-order valence-electron chi connectivity index (χ2n) is 4.77. The van der Waals surface area contributed by atoms with E-state index in [1.807, 2.05) is 6.92 Å². The van der Waals surface area contributed by atoms with Crippen molar-refractivity contribution in [2.75, 3.05) is 0 Å². The highest BCUT2D eigenvalue weighted by atomic mass is 19.2. The molecule has 0 aliphatic heterocycles. The van der Waals surface area contributed by atoms with E-state index in [0.717, 1.165) is 19.8 Å². The van der Waals surface area contributed by atoms with Crippen LogP contribution in [-0.2, 0) is 0 Å². The van der Waals surface area contributed by atoms with Gasteiger partial charge in [-0.15, -0.1) is 0 Å². The minimum atomic E-state index is -1.67. The number of unbranched alkanes of at least 4 members (excludes halogenated alkanes) is 1. The lowest BCUT2D eigenvalue weighted by Gasteiger charge is -2.15. The molecule has 1 amide bonds. The lowest BCUT2D eigenvalue weighted by Crippen LogP contribution is -2.34. The molecule has 0 spiro atoms. The van der Waals surface area contributed by atoms with Crippen LogP contribution in [0.4, 0.5) is 17.6 Å². The number of amides is 1. The van der Waals surface area contributed by atoms with Crippen LogP contribution in [0.2, 0.25) is 0 Å². The van der Waals surface area contributed by atoms with Crippen LogP contribution in [0, 0.1) is 30.2 Å². The fourth-order valence-corrected chi connectivity index (χ4v) is 1.82. The summed E-state index contributed by atoms with van der Waals surface area (Å²) in [5.74, 6) is -7.57. The lowest BCUT2D eigenvalue weighted by atomic mass is 10.1. The number of nitrogens with one attached hydrogen (secondary N) is 1. The molecular weight excluding hydrogens is 274 g/mol. The van der Waals surface area contributed by atoms with E-state index in [-0.39, 0.29) is 6.04 Å². The molecule has 112 valence electrons. The molecule has 1 aromatic rings. The fourth-order valence-electron chi connectivity index (χ4n) is 1.82. The summed E-state index contributed by atoms with van der Waals surface area (Å²) in [6, 6.07) is -0.339. The van der Waals surface area contributed by atoms with Gasteiger partial charge in [0.2, 0.25) is 0 Å². The normalized spacial score (nSPS) is 12.3. The van der Waals surface area contributed by atoms with Crippen molar-refractivity contribution in [2.24, 2.45) is 0 Å². The summed E-state index contributed by atoms with van der Waals surface area (Å²) in [7, 11) is 0. The monoisotopic (exact) mass is 291 g/mol. The summed E-state index contributed by atoms with van der Waals surface area (Å²) in [5, 5.41) is 2.33. The maximum Gasteiger partial charge on any atom is 0.257 e. The van der Waals surface area contributed by atoms with Crippen LogP contribution < -0.4 is 5.32 Å². The van der Waals surface area contributed by atoms with Gasteiger partial charge in [0.15, 0.2) is 23.3 Å². The number of halogens is 4. The molecule has 0 saturated carbocycles. The Labute approximate surface area is 115 Å². The second-order valence-corrected chi connectivity index (χ2v) is 4.77. The fraction of sp³-hybridized carbons (Fsp3) is 0.500. The molecule has 0 aliphatic carbocycles. The predicted octanol–water partition coefficient (Wildman–Crippen LogP) is 3.86. The second kappa shape index (κ2) is 6.72. The van der Waals surface area contributed by atoms with Gasteiger partial charge in [-0.05, 0) is 20.3 Å². The third-order valence-corrected chi connectivity index (χ3v) is 3.08. The van der Waals surface area contributed by atoms with Gasteiger partial charge >= 0.3 is 0 Å². The lowest BCUT2D eigenvalue weighted by molar-refractivity contribution is 0.0926. The molecule has 1 atom stereocenters. The van der Waals surface area contributed by atoms with E-state index < -0.39 is 40.3 Å². The van der Waals surface area contributed by atoms with Crippen molar-refractivity contribution in [3.05, 3.63) is 34.4 Å². The molecule has 0 saturated heterocycles. The van der Waals surface area contributed by atoms with Gasteiger partial charge in [-0.25, -0.2) is 17.6 Å². The Morgan fingerprint density at radius 3 is 2.05 bits per heavy atom. The molecular formula is C14H17F4NO. The highest BCUT2D eigenvalue weighted by Gasteiger charge is 2.28. The SMILES string of the molecule is CCCCC(C)NC(=O)c1c(F)c(F)c(C)c(F)c1F. The molecule has 0 aromatic heterocycles. The molecule has 1 unspecified atom stereocenters. The van der Waals surface area contributed by atoms with E-state index >= 15 is 0 Å². The average Bonchev–Trinajstić information content (AvgIpc) is 2.40. The van der Waals surface area contributed by atoms with E-state index in [2.05, 4.69) is 5.32 Å². The summed E-state index contributed by atoms with van der Waals surface area (Å²) < 4.78 is 54.0. The average molecular weight is 291 g/mol. The molecule has 6 heteroatoms. The standard InChI is InChI=1S/C14H17F4NO/c1-4-5-6-7(2)19-14(20)9-12(17)10(15)8(3)11(16)13(9)18/h7H,4-6H2,1-3H3,(H,19,20). The highest BCUT2D eigenvalue weighted by molar-refractivity contribution is 5.95. The first-order valence-corrected chi connectivity index (χ1v) is 6.44. The Kier molecular flexibility index (Phi) is 5.53. The van der Waals surface area contributed by atoms with Crippen molar-refractivity contribution in [3.8, 4) is 0 Å². The first kappa shape index (κ1) is 16.5. The van der Waals surface area contributed by atoms with Crippen LogP contribution in [0.25, 0.3) is 0 Å². The Morgan fingerprint density at radius 1 is 1.10 bits per heavy atom. The van der Waals surface area contributed by atoms with Crippen LogP contribution in [0.3, 0.4) is 0 Å². The van der Waals surface area contributed by atoms with Crippen molar-refractivity contribution < 1.29 is 22.4 Å². The molecule has 0 bridgehead atoms. The zero-order chi connectivity index (χ0) is 15.4. The highest BCUT2D eigenvalue weighted by Crippen LogP contribution is 2.23. The van der Waals surface area contributed by atoms with E-state index in [1.165, 1.54) is 0 Å². The Hall–Kier alpha value is -1.59. The minimum Gasteiger partial charge on any atom is -0.349 e. The molecule has 0 radical (unpaired) electrons. The molecule has 1 N–H and O–H groups in total.